The first-order chi connectivity index (χ1) is 18.2. The van der Waals surface area contributed by atoms with Gasteiger partial charge in [-0.2, -0.15) is 0 Å². The van der Waals surface area contributed by atoms with E-state index < -0.39 is 15.9 Å². The number of aryl methyl sites for hydroxylation is 1. The molecule has 0 aliphatic heterocycles. The highest BCUT2D eigenvalue weighted by Crippen LogP contribution is 2.26. The fraction of sp³-hybridized carbons (Fsp3) is 0.267. The van der Waals surface area contributed by atoms with E-state index in [0.717, 1.165) is 17.4 Å². The number of rotatable bonds is 12. The van der Waals surface area contributed by atoms with Gasteiger partial charge in [-0.1, -0.05) is 66.2 Å². The van der Waals surface area contributed by atoms with Crippen molar-refractivity contribution in [2.24, 2.45) is 0 Å². The SMILES string of the molecule is Cc1ccc(CCN[C@H](C(=O)c2c[nH]c3cc(C(=O)NCCCS(C)(=O)=O)ccc23)c2ccccc2)cc1. The van der Waals surface area contributed by atoms with Crippen molar-refractivity contribution in [1.82, 2.24) is 15.6 Å². The Balaban J connectivity index is 1.48. The minimum absolute atomic E-state index is 0.0239. The Hall–Kier alpha value is -3.75. The first kappa shape index (κ1) is 27.3. The van der Waals surface area contributed by atoms with Gasteiger partial charge in [0.25, 0.3) is 5.91 Å². The fourth-order valence-corrected chi connectivity index (χ4v) is 5.06. The molecule has 1 atom stereocenters. The van der Waals surface area contributed by atoms with E-state index in [1.807, 2.05) is 30.3 Å². The molecule has 4 aromatic rings. The summed E-state index contributed by atoms with van der Waals surface area (Å²) in [5.41, 5.74) is 4.98. The van der Waals surface area contributed by atoms with Gasteiger partial charge in [0.05, 0.1) is 11.8 Å². The lowest BCUT2D eigenvalue weighted by atomic mass is 9.96. The highest BCUT2D eigenvalue weighted by Gasteiger charge is 2.24. The number of carbonyl (C=O) groups excluding carboxylic acids is 2. The Morgan fingerprint density at radius 3 is 2.39 bits per heavy atom. The van der Waals surface area contributed by atoms with Crippen LogP contribution in [0.5, 0.6) is 0 Å². The molecule has 0 aliphatic rings. The minimum Gasteiger partial charge on any atom is -0.360 e. The quantitative estimate of drug-likeness (QED) is 0.186. The van der Waals surface area contributed by atoms with Gasteiger partial charge < -0.3 is 15.6 Å². The topological polar surface area (TPSA) is 108 Å². The second kappa shape index (κ2) is 12.2. The summed E-state index contributed by atoms with van der Waals surface area (Å²) in [5.74, 6) is -0.317. The summed E-state index contributed by atoms with van der Waals surface area (Å²) >= 11 is 0. The van der Waals surface area contributed by atoms with Gasteiger partial charge >= 0.3 is 0 Å². The van der Waals surface area contributed by atoms with E-state index >= 15 is 0 Å². The second-order valence-electron chi connectivity index (χ2n) is 9.60. The first-order valence-corrected chi connectivity index (χ1v) is 14.7. The zero-order chi connectivity index (χ0) is 27.1. The number of hydrogen-bond donors (Lipinski definition) is 3. The molecule has 0 spiro atoms. The minimum atomic E-state index is -3.06. The zero-order valence-electron chi connectivity index (χ0n) is 21.7. The molecular weight excluding hydrogens is 498 g/mol. The summed E-state index contributed by atoms with van der Waals surface area (Å²) < 4.78 is 22.5. The molecule has 198 valence electrons. The number of hydrogen-bond acceptors (Lipinski definition) is 5. The van der Waals surface area contributed by atoms with E-state index in [4.69, 9.17) is 0 Å². The first-order valence-electron chi connectivity index (χ1n) is 12.7. The van der Waals surface area contributed by atoms with E-state index in [-0.39, 0.29) is 24.0 Å². The number of carbonyl (C=O) groups is 2. The number of aromatic amines is 1. The van der Waals surface area contributed by atoms with Crippen LogP contribution in [-0.2, 0) is 16.3 Å². The molecule has 38 heavy (non-hydrogen) atoms. The summed E-state index contributed by atoms with van der Waals surface area (Å²) in [6.45, 7) is 2.97. The Labute approximate surface area is 223 Å². The van der Waals surface area contributed by atoms with Gasteiger partial charge in [-0.25, -0.2) is 8.42 Å². The van der Waals surface area contributed by atoms with Crippen molar-refractivity contribution in [3.05, 3.63) is 107 Å². The molecule has 3 aromatic carbocycles. The summed E-state index contributed by atoms with van der Waals surface area (Å²) in [5, 5.41) is 6.94. The molecule has 1 heterocycles. The van der Waals surface area contributed by atoms with Gasteiger partial charge in [-0.15, -0.1) is 0 Å². The summed E-state index contributed by atoms with van der Waals surface area (Å²) in [6, 6.07) is 22.7. The van der Waals surface area contributed by atoms with Crippen molar-refractivity contribution in [2.75, 3.05) is 25.1 Å². The molecule has 1 aromatic heterocycles. The van der Waals surface area contributed by atoms with E-state index in [9.17, 15) is 18.0 Å². The van der Waals surface area contributed by atoms with Gasteiger partial charge in [-0.05, 0) is 43.0 Å². The molecule has 1 amide bonds. The van der Waals surface area contributed by atoms with Crippen LogP contribution in [0.2, 0.25) is 0 Å². The van der Waals surface area contributed by atoms with Crippen LogP contribution in [0.15, 0.2) is 79.0 Å². The van der Waals surface area contributed by atoms with Crippen LogP contribution in [0.4, 0.5) is 0 Å². The molecule has 0 unspecified atom stereocenters. The van der Waals surface area contributed by atoms with Crippen molar-refractivity contribution < 1.29 is 18.0 Å². The molecule has 8 heteroatoms. The highest BCUT2D eigenvalue weighted by molar-refractivity contribution is 7.90. The van der Waals surface area contributed by atoms with Gasteiger partial charge in [0, 0.05) is 47.6 Å². The number of aromatic nitrogens is 1. The van der Waals surface area contributed by atoms with Crippen molar-refractivity contribution in [3.8, 4) is 0 Å². The number of Topliss-reactive ketones (excluding diaryl/α,β-unsaturated/α-hetero) is 1. The van der Waals surface area contributed by atoms with Crippen LogP contribution in [0.25, 0.3) is 10.9 Å². The highest BCUT2D eigenvalue weighted by atomic mass is 32.2. The average molecular weight is 532 g/mol. The molecule has 0 bridgehead atoms. The molecule has 7 nitrogen and oxygen atoms in total. The molecule has 4 rings (SSSR count). The van der Waals surface area contributed by atoms with Crippen LogP contribution < -0.4 is 10.6 Å². The average Bonchev–Trinajstić information content (AvgIpc) is 3.33. The van der Waals surface area contributed by atoms with E-state index in [2.05, 4.69) is 46.8 Å². The number of fused-ring (bicyclic) bond motifs is 1. The lowest BCUT2D eigenvalue weighted by Crippen LogP contribution is -2.30. The number of H-pyrrole nitrogens is 1. The standard InChI is InChI=1S/C30H33N3O4S/c1-21-9-11-22(12-10-21)15-17-31-28(23-7-4-3-5-8-23)29(34)26-20-33-27-19-24(13-14-25(26)27)30(35)32-16-6-18-38(2,36)37/h3-5,7-14,19-20,28,31,33H,6,15-18H2,1-2H3,(H,32,35)/t28-/m0/s1. The number of nitrogens with one attached hydrogen (secondary N) is 3. The maximum absolute atomic E-state index is 13.8. The number of benzene rings is 3. The Morgan fingerprint density at radius 2 is 1.68 bits per heavy atom. The third-order valence-electron chi connectivity index (χ3n) is 6.46. The summed E-state index contributed by atoms with van der Waals surface area (Å²) in [6.07, 6.45) is 4.02. The van der Waals surface area contributed by atoms with Crippen LogP contribution in [0, 0.1) is 6.92 Å². The lowest BCUT2D eigenvalue weighted by Gasteiger charge is -2.18. The van der Waals surface area contributed by atoms with Crippen LogP contribution in [0.3, 0.4) is 0 Å². The van der Waals surface area contributed by atoms with Crippen LogP contribution in [0.1, 0.15) is 49.9 Å². The Bertz CT molecular complexity index is 1510. The number of sulfone groups is 1. The second-order valence-corrected chi connectivity index (χ2v) is 11.9. The molecule has 0 radical (unpaired) electrons. The van der Waals surface area contributed by atoms with Crippen molar-refractivity contribution in [3.63, 3.8) is 0 Å². The largest absolute Gasteiger partial charge is 0.360 e. The van der Waals surface area contributed by atoms with E-state index in [0.29, 0.717) is 29.6 Å². The van der Waals surface area contributed by atoms with Gasteiger partial charge in [-0.3, -0.25) is 9.59 Å². The lowest BCUT2D eigenvalue weighted by molar-refractivity contribution is 0.0940. The smallest absolute Gasteiger partial charge is 0.251 e. The summed E-state index contributed by atoms with van der Waals surface area (Å²) in [4.78, 5) is 29.5. The molecule has 3 N–H and O–H groups in total. The van der Waals surface area contributed by atoms with E-state index in [1.165, 1.54) is 17.4 Å². The van der Waals surface area contributed by atoms with Crippen LogP contribution in [-0.4, -0.2) is 50.2 Å². The van der Waals surface area contributed by atoms with Crippen molar-refractivity contribution >= 4 is 32.4 Å². The monoisotopic (exact) mass is 531 g/mol. The Morgan fingerprint density at radius 1 is 0.947 bits per heavy atom. The molecular formula is C30H33N3O4S. The third kappa shape index (κ3) is 7.18. The van der Waals surface area contributed by atoms with Gasteiger partial charge in [0.2, 0.25) is 0 Å². The van der Waals surface area contributed by atoms with Gasteiger partial charge in [0.15, 0.2) is 5.78 Å². The predicted octanol–water partition coefficient (Wildman–Crippen LogP) is 4.40. The zero-order valence-corrected chi connectivity index (χ0v) is 22.5. The van der Waals surface area contributed by atoms with E-state index in [1.54, 1.807) is 24.4 Å². The van der Waals surface area contributed by atoms with Crippen LogP contribution >= 0.6 is 0 Å². The van der Waals surface area contributed by atoms with Crippen molar-refractivity contribution in [2.45, 2.75) is 25.8 Å². The third-order valence-corrected chi connectivity index (χ3v) is 7.49. The number of amides is 1. The number of ketones is 1. The maximum Gasteiger partial charge on any atom is 0.251 e. The summed E-state index contributed by atoms with van der Waals surface area (Å²) in [7, 11) is -3.06. The maximum atomic E-state index is 13.8. The van der Waals surface area contributed by atoms with Crippen molar-refractivity contribution in [1.29, 1.82) is 0 Å². The molecule has 0 saturated carbocycles. The fourth-order valence-electron chi connectivity index (χ4n) is 4.39. The molecule has 0 saturated heterocycles. The molecule has 0 aliphatic carbocycles. The molecule has 0 fully saturated rings. The predicted molar refractivity (Wildman–Crippen MR) is 151 cm³/mol. The normalized spacial score (nSPS) is 12.4. The van der Waals surface area contributed by atoms with Gasteiger partial charge in [0.1, 0.15) is 9.84 Å². The Kier molecular flexibility index (Phi) is 8.76.